The van der Waals surface area contributed by atoms with Gasteiger partial charge in [-0.3, -0.25) is 4.79 Å². The number of carbonyl (C=O) groups is 1. The number of benzene rings is 1. The molecular formula is C14H19NO5. The highest BCUT2D eigenvalue weighted by Gasteiger charge is 2.30. The zero-order valence-electron chi connectivity index (χ0n) is 11.3. The minimum Gasteiger partial charge on any atom is -0.465 e. The highest BCUT2D eigenvalue weighted by atomic mass is 16.7. The quantitative estimate of drug-likeness (QED) is 0.762. The van der Waals surface area contributed by atoms with Crippen molar-refractivity contribution in [3.63, 3.8) is 0 Å². The lowest BCUT2D eigenvalue weighted by atomic mass is 10.1. The molecule has 3 N–H and O–H groups in total. The Morgan fingerprint density at radius 2 is 2.10 bits per heavy atom. The zero-order chi connectivity index (χ0) is 14.5. The van der Waals surface area contributed by atoms with Crippen LogP contribution < -0.4 is 10.1 Å². The molecule has 2 rings (SSSR count). The molecule has 0 radical (unpaired) electrons. The van der Waals surface area contributed by atoms with Crippen molar-refractivity contribution in [1.29, 1.82) is 0 Å². The first-order valence-corrected chi connectivity index (χ1v) is 6.57. The third kappa shape index (κ3) is 3.93. The van der Waals surface area contributed by atoms with Crippen LogP contribution in [0.2, 0.25) is 0 Å². The van der Waals surface area contributed by atoms with Gasteiger partial charge in [0, 0.05) is 19.0 Å². The molecule has 0 aromatic heterocycles. The van der Waals surface area contributed by atoms with E-state index in [2.05, 4.69) is 5.32 Å². The molecule has 0 spiro atoms. The first-order valence-electron chi connectivity index (χ1n) is 6.57. The maximum Gasteiger partial charge on any atom is 0.221 e. The minimum absolute atomic E-state index is 0.131. The molecule has 20 heavy (non-hydrogen) atoms. The Morgan fingerprint density at radius 1 is 1.40 bits per heavy atom. The summed E-state index contributed by atoms with van der Waals surface area (Å²) in [5.74, 6) is 0.478. The molecule has 1 saturated heterocycles. The van der Waals surface area contributed by atoms with Gasteiger partial charge in [0.25, 0.3) is 0 Å². The number of nitrogens with one attached hydrogen (secondary N) is 1. The molecule has 1 aromatic rings. The zero-order valence-corrected chi connectivity index (χ0v) is 11.3. The van der Waals surface area contributed by atoms with Crippen molar-refractivity contribution in [3.8, 4) is 5.75 Å². The molecule has 6 nitrogen and oxygen atoms in total. The summed E-state index contributed by atoms with van der Waals surface area (Å²) in [5.41, 5.74) is 0.693. The number of anilines is 1. The van der Waals surface area contributed by atoms with Crippen molar-refractivity contribution in [3.05, 3.63) is 24.3 Å². The van der Waals surface area contributed by atoms with Gasteiger partial charge in [-0.25, -0.2) is 0 Å². The van der Waals surface area contributed by atoms with Crippen LogP contribution >= 0.6 is 0 Å². The summed E-state index contributed by atoms with van der Waals surface area (Å²) < 4.78 is 11.1. The Balaban J connectivity index is 1.91. The molecule has 1 unspecified atom stereocenters. The van der Waals surface area contributed by atoms with E-state index in [1.54, 1.807) is 24.3 Å². The van der Waals surface area contributed by atoms with Crippen molar-refractivity contribution >= 4 is 11.6 Å². The largest absolute Gasteiger partial charge is 0.465 e. The van der Waals surface area contributed by atoms with Crippen molar-refractivity contribution in [1.82, 2.24) is 0 Å². The van der Waals surface area contributed by atoms with Crippen molar-refractivity contribution < 1.29 is 24.5 Å². The van der Waals surface area contributed by atoms with Crippen LogP contribution in [-0.2, 0) is 9.53 Å². The first kappa shape index (κ1) is 14.8. The Bertz CT molecular complexity index is 447. The van der Waals surface area contributed by atoms with E-state index in [4.69, 9.17) is 14.6 Å². The predicted octanol–water partition coefficient (Wildman–Crippen LogP) is 0.882. The molecule has 1 aromatic carbocycles. The summed E-state index contributed by atoms with van der Waals surface area (Å²) in [6, 6.07) is 6.93. The molecule has 1 heterocycles. The van der Waals surface area contributed by atoms with Gasteiger partial charge < -0.3 is 25.0 Å². The average molecular weight is 281 g/mol. The summed E-state index contributed by atoms with van der Waals surface area (Å²) in [6.07, 6.45) is -0.651. The Hall–Kier alpha value is -1.63. The maximum absolute atomic E-state index is 10.9. The molecule has 1 amide bonds. The second kappa shape index (κ2) is 6.69. The topological polar surface area (TPSA) is 88.0 Å². The first-order chi connectivity index (χ1) is 9.58. The van der Waals surface area contributed by atoms with E-state index in [-0.39, 0.29) is 12.5 Å². The Morgan fingerprint density at radius 3 is 2.70 bits per heavy atom. The van der Waals surface area contributed by atoms with Crippen molar-refractivity contribution in [2.45, 2.75) is 38.3 Å². The summed E-state index contributed by atoms with van der Waals surface area (Å²) in [4.78, 5) is 10.9. The molecule has 1 fully saturated rings. The standard InChI is InChI=1S/C14H19NO5/c1-9(17)15-10-2-4-11(5-3-10)19-14-7-6-12(18)13(8-16)20-14/h2-5,12-14,16,18H,6-8H2,1H3,(H,15,17)/t12-,13?,14-/m0/s1. The highest BCUT2D eigenvalue weighted by molar-refractivity contribution is 5.88. The van der Waals surface area contributed by atoms with Gasteiger partial charge in [-0.05, 0) is 30.7 Å². The summed E-state index contributed by atoms with van der Waals surface area (Å²) in [6.45, 7) is 1.21. The number of aliphatic hydroxyl groups is 2. The van der Waals surface area contributed by atoms with Gasteiger partial charge in [0.2, 0.25) is 5.91 Å². The van der Waals surface area contributed by atoms with Crippen LogP contribution in [0.15, 0.2) is 24.3 Å². The van der Waals surface area contributed by atoms with Gasteiger partial charge in [-0.1, -0.05) is 0 Å². The Labute approximate surface area is 117 Å². The number of rotatable bonds is 4. The van der Waals surface area contributed by atoms with Gasteiger partial charge in [0.1, 0.15) is 11.9 Å². The number of amides is 1. The monoisotopic (exact) mass is 281 g/mol. The lowest BCUT2D eigenvalue weighted by Crippen LogP contribution is -2.43. The van der Waals surface area contributed by atoms with E-state index in [9.17, 15) is 9.90 Å². The predicted molar refractivity (Wildman–Crippen MR) is 72.4 cm³/mol. The van der Waals surface area contributed by atoms with E-state index in [0.717, 1.165) is 0 Å². The lowest BCUT2D eigenvalue weighted by molar-refractivity contribution is -0.196. The number of ether oxygens (including phenoxy) is 2. The van der Waals surface area contributed by atoms with Gasteiger partial charge >= 0.3 is 0 Å². The fourth-order valence-electron chi connectivity index (χ4n) is 2.07. The fraction of sp³-hybridized carbons (Fsp3) is 0.500. The minimum atomic E-state index is -0.651. The van der Waals surface area contributed by atoms with E-state index in [0.29, 0.717) is 24.3 Å². The van der Waals surface area contributed by atoms with E-state index in [1.807, 2.05) is 0 Å². The third-order valence-corrected chi connectivity index (χ3v) is 3.08. The van der Waals surface area contributed by atoms with Gasteiger partial charge in [0.15, 0.2) is 6.29 Å². The Kier molecular flexibility index (Phi) is 4.94. The molecule has 3 atom stereocenters. The number of aliphatic hydroxyl groups excluding tert-OH is 2. The van der Waals surface area contributed by atoms with Crippen LogP contribution in [0.5, 0.6) is 5.75 Å². The van der Waals surface area contributed by atoms with Crippen LogP contribution in [-0.4, -0.2) is 41.2 Å². The number of hydrogen-bond acceptors (Lipinski definition) is 5. The lowest BCUT2D eigenvalue weighted by Gasteiger charge is -2.32. The summed E-state index contributed by atoms with van der Waals surface area (Å²) >= 11 is 0. The van der Waals surface area contributed by atoms with Gasteiger partial charge in [-0.2, -0.15) is 0 Å². The molecule has 0 saturated carbocycles. The molecule has 6 heteroatoms. The fourth-order valence-corrected chi connectivity index (χ4v) is 2.07. The van der Waals surface area contributed by atoms with Gasteiger partial charge in [-0.15, -0.1) is 0 Å². The molecule has 0 bridgehead atoms. The van der Waals surface area contributed by atoms with Gasteiger partial charge in [0.05, 0.1) is 12.7 Å². The maximum atomic E-state index is 10.9. The smallest absolute Gasteiger partial charge is 0.221 e. The van der Waals surface area contributed by atoms with Crippen molar-refractivity contribution in [2.24, 2.45) is 0 Å². The summed E-state index contributed by atoms with van der Waals surface area (Å²) in [7, 11) is 0. The molecule has 110 valence electrons. The number of carbonyl (C=O) groups excluding carboxylic acids is 1. The second-order valence-corrected chi connectivity index (χ2v) is 4.75. The molecule has 0 aliphatic carbocycles. The number of hydrogen-bond donors (Lipinski definition) is 3. The average Bonchev–Trinajstić information content (AvgIpc) is 2.42. The molecule has 1 aliphatic rings. The SMILES string of the molecule is CC(=O)Nc1ccc(O[C@@H]2CC[C@H](O)C(CO)O2)cc1. The summed E-state index contributed by atoms with van der Waals surface area (Å²) in [5, 5.41) is 21.3. The third-order valence-electron chi connectivity index (χ3n) is 3.08. The van der Waals surface area contributed by atoms with Crippen molar-refractivity contribution in [2.75, 3.05) is 11.9 Å². The van der Waals surface area contributed by atoms with Crippen LogP contribution in [0.25, 0.3) is 0 Å². The van der Waals surface area contributed by atoms with E-state index in [1.165, 1.54) is 6.92 Å². The van der Waals surface area contributed by atoms with E-state index < -0.39 is 18.5 Å². The van der Waals surface area contributed by atoms with Crippen LogP contribution in [0, 0.1) is 0 Å². The van der Waals surface area contributed by atoms with Crippen LogP contribution in [0.4, 0.5) is 5.69 Å². The van der Waals surface area contributed by atoms with Crippen LogP contribution in [0.3, 0.4) is 0 Å². The van der Waals surface area contributed by atoms with E-state index >= 15 is 0 Å². The second-order valence-electron chi connectivity index (χ2n) is 4.75. The molecular weight excluding hydrogens is 262 g/mol. The molecule has 1 aliphatic heterocycles. The highest BCUT2D eigenvalue weighted by Crippen LogP contribution is 2.24. The van der Waals surface area contributed by atoms with Crippen LogP contribution in [0.1, 0.15) is 19.8 Å². The normalized spacial score (nSPS) is 26.1.